The minimum absolute atomic E-state index is 0.0922. The minimum Gasteiger partial charge on any atom is -0.481 e. The number of carboxylic acids is 2. The molecule has 0 saturated heterocycles. The molecule has 13 nitrogen and oxygen atoms in total. The van der Waals surface area contributed by atoms with E-state index in [1.54, 1.807) is 19.1 Å². The number of carbonyl (C=O) groups excluding carboxylic acids is 3. The molecule has 6 N–H and O–H groups in total. The summed E-state index contributed by atoms with van der Waals surface area (Å²) in [7, 11) is 0. The van der Waals surface area contributed by atoms with Gasteiger partial charge in [0.25, 0.3) is 11.7 Å². The van der Waals surface area contributed by atoms with Crippen LogP contribution in [0.25, 0.3) is 54.5 Å². The maximum atomic E-state index is 13.1. The van der Waals surface area contributed by atoms with Crippen LogP contribution in [0.15, 0.2) is 156 Å². The Kier molecular flexibility index (Phi) is 13.5. The summed E-state index contributed by atoms with van der Waals surface area (Å²) in [4.78, 5) is 61.0. The molecule has 1 amide bonds. The number of hydrogen-bond donors (Lipinski definition) is 4. The monoisotopic (exact) mass is 984 g/mol. The molecule has 69 heavy (non-hydrogen) atoms. The summed E-state index contributed by atoms with van der Waals surface area (Å²) in [5, 5.41) is 22.5. The fourth-order valence-electron chi connectivity index (χ4n) is 8.84. The van der Waals surface area contributed by atoms with Crippen molar-refractivity contribution in [1.82, 2.24) is 9.13 Å². The Labute approximate surface area is 403 Å². The lowest BCUT2D eigenvalue weighted by atomic mass is 9.99. The Morgan fingerprint density at radius 1 is 0.580 bits per heavy atom. The SMILES string of the molecule is C=C(N)C(=O)c1c(C)n(Cc2ccccc2Br)c2cc3ccccc3c(OCC(=O)O)c12.Cc1c(C(=O)C(N)=O)c2c(OCC(=O)O)c3ccccc3cc2n1Cc1ccccc1-c1ccccc1. The van der Waals surface area contributed by atoms with Crippen LogP contribution in [0.1, 0.15) is 43.2 Å². The molecule has 0 aliphatic heterocycles. The van der Waals surface area contributed by atoms with Gasteiger partial charge in [0.05, 0.1) is 38.6 Å². The Balaban J connectivity index is 0.000000188. The normalized spacial score (nSPS) is 11.1. The van der Waals surface area contributed by atoms with Crippen molar-refractivity contribution < 1.29 is 43.7 Å². The van der Waals surface area contributed by atoms with Gasteiger partial charge in [-0.05, 0) is 65.1 Å². The average molecular weight is 986 g/mol. The number of ether oxygens (including phenoxy) is 2. The summed E-state index contributed by atoms with van der Waals surface area (Å²) in [6, 6.07) is 44.6. The third-order valence-electron chi connectivity index (χ3n) is 11.9. The van der Waals surface area contributed by atoms with Gasteiger partial charge in [-0.25, -0.2) is 9.59 Å². The molecule has 2 heterocycles. The molecule has 0 bridgehead atoms. The topological polar surface area (TPSA) is 206 Å². The molecule has 9 aromatic rings. The number of benzene rings is 7. The van der Waals surface area contributed by atoms with Crippen LogP contribution in [0.5, 0.6) is 11.5 Å². The first kappa shape index (κ1) is 47.0. The van der Waals surface area contributed by atoms with Gasteiger partial charge in [0.15, 0.2) is 13.2 Å². The highest BCUT2D eigenvalue weighted by molar-refractivity contribution is 9.10. The summed E-state index contributed by atoms with van der Waals surface area (Å²) in [5.41, 5.74) is 18.4. The Bertz CT molecular complexity index is 3560. The summed E-state index contributed by atoms with van der Waals surface area (Å²) in [6.45, 7) is 6.99. The van der Waals surface area contributed by atoms with Crippen molar-refractivity contribution >= 4 is 88.7 Å². The van der Waals surface area contributed by atoms with Crippen LogP contribution in [0.2, 0.25) is 0 Å². The van der Waals surface area contributed by atoms with Crippen LogP contribution in [-0.4, -0.2) is 62.0 Å². The zero-order chi connectivity index (χ0) is 49.1. The van der Waals surface area contributed by atoms with Gasteiger partial charge in [0.2, 0.25) is 5.78 Å². The Hall–Kier alpha value is -8.49. The molecular weight excluding hydrogens is 941 g/mol. The van der Waals surface area contributed by atoms with E-state index in [1.165, 1.54) is 0 Å². The number of nitrogens with two attached hydrogens (primary N) is 2. The van der Waals surface area contributed by atoms with E-state index in [4.69, 9.17) is 20.9 Å². The Morgan fingerprint density at radius 3 is 1.51 bits per heavy atom. The predicted molar refractivity (Wildman–Crippen MR) is 270 cm³/mol. The van der Waals surface area contributed by atoms with E-state index in [0.717, 1.165) is 48.4 Å². The molecule has 0 saturated carbocycles. The standard InChI is InChI=1S/C30H24N2O5.C25H21BrN2O4/c1-18-26(28(35)30(31)36)27-24(15-20-11-5-8-14-23(20)29(27)37-17-25(33)34)32(18)16-21-12-6-7-13-22(21)19-9-3-2-4-10-19;1-14(27)24(31)22-15(2)28(12-17-8-4-6-10-19(17)26)20-11-16-7-3-5-9-18(16)25(23(20)22)32-13-21(29)30/h2-15H,16-17H2,1H3,(H2,31,36)(H,33,34);3-11H,1,12-13,27H2,2H3,(H,29,30). The van der Waals surface area contributed by atoms with Gasteiger partial charge in [-0.15, -0.1) is 0 Å². The highest BCUT2D eigenvalue weighted by atomic mass is 79.9. The number of amides is 1. The Morgan fingerprint density at radius 2 is 1.01 bits per heavy atom. The molecule has 0 unspecified atom stereocenters. The molecule has 0 fully saturated rings. The predicted octanol–water partition coefficient (Wildman–Crippen LogP) is 9.98. The highest BCUT2D eigenvalue weighted by Crippen LogP contribution is 2.43. The molecule has 7 aromatic carbocycles. The van der Waals surface area contributed by atoms with Crippen molar-refractivity contribution in [2.45, 2.75) is 26.9 Å². The maximum absolute atomic E-state index is 13.1. The van der Waals surface area contributed by atoms with Crippen LogP contribution in [0, 0.1) is 13.8 Å². The van der Waals surface area contributed by atoms with Gasteiger partial charge in [-0.1, -0.05) is 144 Å². The number of aliphatic carboxylic acids is 2. The number of carboxylic acid groups (broad SMARTS) is 2. The molecule has 0 atom stereocenters. The number of carbonyl (C=O) groups is 5. The summed E-state index contributed by atoms with van der Waals surface area (Å²) in [6.07, 6.45) is 0. The van der Waals surface area contributed by atoms with Gasteiger partial charge in [0.1, 0.15) is 11.5 Å². The molecule has 0 radical (unpaired) electrons. The average Bonchev–Trinajstić information content (AvgIpc) is 3.77. The van der Waals surface area contributed by atoms with Crippen molar-refractivity contribution in [3.05, 3.63) is 190 Å². The second-order valence-corrected chi connectivity index (χ2v) is 17.1. The lowest BCUT2D eigenvalue weighted by Crippen LogP contribution is -2.24. The van der Waals surface area contributed by atoms with E-state index < -0.39 is 42.6 Å². The number of hydrogen-bond acceptors (Lipinski definition) is 8. The second-order valence-electron chi connectivity index (χ2n) is 16.3. The van der Waals surface area contributed by atoms with E-state index in [1.807, 2.05) is 143 Å². The first-order chi connectivity index (χ1) is 33.2. The van der Waals surface area contributed by atoms with Crippen molar-refractivity contribution in [2.75, 3.05) is 13.2 Å². The number of Topliss-reactive ketones (excluding diaryl/α,β-unsaturated/α-hetero) is 2. The summed E-state index contributed by atoms with van der Waals surface area (Å²) >= 11 is 3.59. The molecule has 0 aliphatic rings. The number of allylic oxidation sites excluding steroid dienone is 1. The lowest BCUT2D eigenvalue weighted by Gasteiger charge is -2.15. The number of ketones is 2. The van der Waals surface area contributed by atoms with Gasteiger partial charge in [-0.3, -0.25) is 14.4 Å². The van der Waals surface area contributed by atoms with Crippen LogP contribution in [0.4, 0.5) is 0 Å². The quantitative estimate of drug-likeness (QED) is 0.0434. The minimum atomic E-state index is -1.16. The van der Waals surface area contributed by atoms with Gasteiger partial charge in [-0.2, -0.15) is 0 Å². The number of primary amides is 1. The summed E-state index contributed by atoms with van der Waals surface area (Å²) in [5.74, 6) is -4.04. The molecule has 346 valence electrons. The molecule has 0 aliphatic carbocycles. The van der Waals surface area contributed by atoms with Crippen LogP contribution < -0.4 is 20.9 Å². The van der Waals surface area contributed by atoms with Gasteiger partial charge < -0.3 is 40.3 Å². The van der Waals surface area contributed by atoms with Crippen molar-refractivity contribution in [3.8, 4) is 22.6 Å². The molecule has 2 aromatic heterocycles. The van der Waals surface area contributed by atoms with Crippen LogP contribution >= 0.6 is 15.9 Å². The van der Waals surface area contributed by atoms with Crippen molar-refractivity contribution in [1.29, 1.82) is 0 Å². The largest absolute Gasteiger partial charge is 0.481 e. The van der Waals surface area contributed by atoms with E-state index in [0.29, 0.717) is 57.5 Å². The number of aromatic nitrogens is 2. The number of halogens is 1. The number of rotatable bonds is 15. The number of fused-ring (bicyclic) bond motifs is 4. The smallest absolute Gasteiger partial charge is 0.341 e. The van der Waals surface area contributed by atoms with Crippen LogP contribution in [0.3, 0.4) is 0 Å². The van der Waals surface area contributed by atoms with Crippen LogP contribution in [-0.2, 0) is 27.5 Å². The molecule has 0 spiro atoms. The third kappa shape index (κ3) is 9.30. The first-order valence-electron chi connectivity index (χ1n) is 21.6. The highest BCUT2D eigenvalue weighted by Gasteiger charge is 2.29. The number of nitrogens with zero attached hydrogens (tertiary/aromatic N) is 2. The summed E-state index contributed by atoms with van der Waals surface area (Å²) < 4.78 is 16.4. The maximum Gasteiger partial charge on any atom is 0.341 e. The zero-order valence-electron chi connectivity index (χ0n) is 37.5. The third-order valence-corrected chi connectivity index (χ3v) is 12.7. The van der Waals surface area contributed by atoms with E-state index >= 15 is 0 Å². The second kappa shape index (κ2) is 19.8. The zero-order valence-corrected chi connectivity index (χ0v) is 39.1. The molecule has 14 heteroatoms. The van der Waals surface area contributed by atoms with E-state index in [9.17, 15) is 34.2 Å². The van der Waals surface area contributed by atoms with Crippen molar-refractivity contribution in [2.24, 2.45) is 11.5 Å². The fourth-order valence-corrected chi connectivity index (χ4v) is 9.25. The van der Waals surface area contributed by atoms with E-state index in [-0.39, 0.29) is 17.0 Å². The first-order valence-corrected chi connectivity index (χ1v) is 22.4. The van der Waals surface area contributed by atoms with Gasteiger partial charge >= 0.3 is 11.9 Å². The molecule has 9 rings (SSSR count). The van der Waals surface area contributed by atoms with E-state index in [2.05, 4.69) is 22.5 Å². The molecular formula is C55H45BrN4O9. The van der Waals surface area contributed by atoms with Gasteiger partial charge in [0, 0.05) is 39.7 Å². The fraction of sp³-hybridized carbons (Fsp3) is 0.109. The van der Waals surface area contributed by atoms with Crippen molar-refractivity contribution in [3.63, 3.8) is 0 Å². The lowest BCUT2D eigenvalue weighted by molar-refractivity contribution is -0.140.